The van der Waals surface area contributed by atoms with Gasteiger partial charge < -0.3 is 35.3 Å². The van der Waals surface area contributed by atoms with Crippen molar-refractivity contribution < 1.29 is 28.9 Å². The minimum Gasteiger partial charge on any atom is -0.497 e. The third-order valence-electron chi connectivity index (χ3n) is 6.55. The first kappa shape index (κ1) is 28.8. The van der Waals surface area contributed by atoms with Crippen LogP contribution < -0.4 is 20.7 Å². The van der Waals surface area contributed by atoms with Crippen LogP contribution in [0, 0.1) is 0 Å². The number of carbonyl (C=O) groups is 2. The second kappa shape index (κ2) is 14.3. The summed E-state index contributed by atoms with van der Waals surface area (Å²) in [6, 6.07) is 23.2. The molecule has 1 aliphatic heterocycles. The monoisotopic (exact) mass is 545 g/mol. The second-order valence-corrected chi connectivity index (χ2v) is 9.41. The van der Waals surface area contributed by atoms with E-state index in [2.05, 4.69) is 22.5 Å². The molecule has 0 spiro atoms. The van der Waals surface area contributed by atoms with Crippen LogP contribution in [0.4, 0.5) is 4.79 Å². The molecular weight excluding hydrogens is 510 g/mol. The van der Waals surface area contributed by atoms with Crippen molar-refractivity contribution in [1.29, 1.82) is 0 Å². The summed E-state index contributed by atoms with van der Waals surface area (Å²) in [5.41, 5.74) is 3.28. The molecular formula is C31H35N3O6. The number of nitrogens with one attached hydrogen (secondary N) is 3. The zero-order valence-corrected chi connectivity index (χ0v) is 22.4. The van der Waals surface area contributed by atoms with E-state index < -0.39 is 24.5 Å². The molecule has 0 bridgehead atoms. The first-order valence-electron chi connectivity index (χ1n) is 13.1. The van der Waals surface area contributed by atoms with Crippen LogP contribution in [0.5, 0.6) is 5.75 Å². The van der Waals surface area contributed by atoms with E-state index in [1.54, 1.807) is 25.3 Å². The molecule has 4 rings (SSSR count). The Labute approximate surface area is 234 Å². The Morgan fingerprint density at radius 1 is 1.02 bits per heavy atom. The minimum absolute atomic E-state index is 0.152. The maximum atomic E-state index is 13.2. The van der Waals surface area contributed by atoms with Gasteiger partial charge in [-0.1, -0.05) is 60.7 Å². The van der Waals surface area contributed by atoms with E-state index in [0.717, 1.165) is 22.4 Å². The Hall–Kier alpha value is -4.18. The molecule has 1 heterocycles. The fraction of sp³-hybridized carbons (Fsp3) is 0.290. The highest BCUT2D eigenvalue weighted by Gasteiger charge is 2.39. The molecule has 4 N–H and O–H groups in total. The van der Waals surface area contributed by atoms with Crippen molar-refractivity contribution in [2.24, 2.45) is 0 Å². The van der Waals surface area contributed by atoms with Crippen LogP contribution in [0.1, 0.15) is 22.3 Å². The number of urea groups is 1. The van der Waals surface area contributed by atoms with Crippen molar-refractivity contribution in [3.8, 4) is 16.9 Å². The van der Waals surface area contributed by atoms with Crippen molar-refractivity contribution >= 4 is 11.9 Å². The van der Waals surface area contributed by atoms with Crippen molar-refractivity contribution in [2.45, 2.75) is 37.5 Å². The van der Waals surface area contributed by atoms with E-state index in [-0.39, 0.29) is 31.5 Å². The van der Waals surface area contributed by atoms with Crippen molar-refractivity contribution in [3.05, 3.63) is 103 Å². The van der Waals surface area contributed by atoms with Gasteiger partial charge in [0, 0.05) is 25.1 Å². The van der Waals surface area contributed by atoms with Gasteiger partial charge in [0.25, 0.3) is 5.91 Å². The standard InChI is InChI=1S/C31H35N3O6/c1-3-16-39-30-28(34-29(36)24-11-7-10-23(17-24)22-8-5-4-6-9-22)27(35)18-26(40-30)20-33-31(37)32-19-21-12-14-25(38-2)15-13-21/h3-15,17,26-28,30,35H,1,16,18-20H2,2H3,(H,34,36)(H2,32,33,37). The Morgan fingerprint density at radius 2 is 1.77 bits per heavy atom. The largest absolute Gasteiger partial charge is 0.497 e. The lowest BCUT2D eigenvalue weighted by atomic mass is 9.98. The number of carbonyl (C=O) groups excluding carboxylic acids is 2. The summed E-state index contributed by atoms with van der Waals surface area (Å²) in [4.78, 5) is 25.5. The SMILES string of the molecule is C=CCOC1OC(CNC(=O)NCc2ccc(OC)cc2)CC(O)C1NC(=O)c1cccc(-c2ccccc2)c1. The predicted octanol–water partition coefficient (Wildman–Crippen LogP) is 3.64. The van der Waals surface area contributed by atoms with Crippen LogP contribution in [0.15, 0.2) is 91.5 Å². The van der Waals surface area contributed by atoms with Gasteiger partial charge in [-0.25, -0.2) is 4.79 Å². The quantitative estimate of drug-likeness (QED) is 0.273. The molecule has 9 heteroatoms. The van der Waals surface area contributed by atoms with Gasteiger partial charge in [-0.2, -0.15) is 0 Å². The van der Waals surface area contributed by atoms with E-state index in [1.165, 1.54) is 0 Å². The lowest BCUT2D eigenvalue weighted by molar-refractivity contribution is -0.223. The van der Waals surface area contributed by atoms with E-state index in [4.69, 9.17) is 14.2 Å². The average molecular weight is 546 g/mol. The molecule has 0 saturated carbocycles. The van der Waals surface area contributed by atoms with Crippen LogP contribution in [0.25, 0.3) is 11.1 Å². The highest BCUT2D eigenvalue weighted by atomic mass is 16.7. The van der Waals surface area contributed by atoms with Crippen molar-refractivity contribution in [2.75, 3.05) is 20.3 Å². The molecule has 3 amide bonds. The van der Waals surface area contributed by atoms with Gasteiger partial charge in [0.15, 0.2) is 6.29 Å². The molecule has 1 saturated heterocycles. The molecule has 9 nitrogen and oxygen atoms in total. The number of hydrogen-bond donors (Lipinski definition) is 4. The highest BCUT2D eigenvalue weighted by Crippen LogP contribution is 2.23. The maximum Gasteiger partial charge on any atom is 0.315 e. The number of aliphatic hydroxyl groups is 1. The van der Waals surface area contributed by atoms with Gasteiger partial charge in [0.2, 0.25) is 0 Å². The molecule has 210 valence electrons. The van der Waals surface area contributed by atoms with E-state index in [0.29, 0.717) is 12.1 Å². The topological polar surface area (TPSA) is 118 Å². The van der Waals surface area contributed by atoms with E-state index >= 15 is 0 Å². The summed E-state index contributed by atoms with van der Waals surface area (Å²) in [6.07, 6.45) is -0.656. The summed E-state index contributed by atoms with van der Waals surface area (Å²) in [7, 11) is 1.60. The third-order valence-corrected chi connectivity index (χ3v) is 6.55. The molecule has 0 radical (unpaired) electrons. The van der Waals surface area contributed by atoms with Crippen LogP contribution in [0.2, 0.25) is 0 Å². The van der Waals surface area contributed by atoms with Gasteiger partial charge in [0.05, 0.1) is 25.9 Å². The normalized spacial score (nSPS) is 20.2. The van der Waals surface area contributed by atoms with E-state index in [9.17, 15) is 14.7 Å². The number of amides is 3. The summed E-state index contributed by atoms with van der Waals surface area (Å²) in [6.45, 7) is 4.32. The molecule has 1 fully saturated rings. The average Bonchev–Trinajstić information content (AvgIpc) is 3.00. The van der Waals surface area contributed by atoms with Crippen LogP contribution in [-0.4, -0.2) is 61.8 Å². The number of aliphatic hydroxyl groups excluding tert-OH is 1. The van der Waals surface area contributed by atoms with Gasteiger partial charge in [-0.3, -0.25) is 4.79 Å². The number of hydrogen-bond acceptors (Lipinski definition) is 6. The fourth-order valence-corrected chi connectivity index (χ4v) is 4.43. The molecule has 0 aliphatic carbocycles. The lowest BCUT2D eigenvalue weighted by Crippen LogP contribution is -2.59. The second-order valence-electron chi connectivity index (χ2n) is 9.41. The number of benzene rings is 3. The smallest absolute Gasteiger partial charge is 0.315 e. The summed E-state index contributed by atoms with van der Waals surface area (Å²) < 4.78 is 16.9. The highest BCUT2D eigenvalue weighted by molar-refractivity contribution is 5.95. The first-order chi connectivity index (χ1) is 19.5. The fourth-order valence-electron chi connectivity index (χ4n) is 4.43. The third kappa shape index (κ3) is 7.92. The lowest BCUT2D eigenvalue weighted by Gasteiger charge is -2.39. The van der Waals surface area contributed by atoms with Crippen LogP contribution >= 0.6 is 0 Å². The van der Waals surface area contributed by atoms with Gasteiger partial charge >= 0.3 is 6.03 Å². The Morgan fingerprint density at radius 3 is 2.50 bits per heavy atom. The van der Waals surface area contributed by atoms with Gasteiger partial charge in [-0.05, 0) is 41.0 Å². The summed E-state index contributed by atoms with van der Waals surface area (Å²) in [5.74, 6) is 0.386. The summed E-state index contributed by atoms with van der Waals surface area (Å²) in [5, 5.41) is 19.4. The van der Waals surface area contributed by atoms with Crippen LogP contribution in [0.3, 0.4) is 0 Å². The Bertz CT molecular complexity index is 1270. The number of rotatable bonds is 11. The maximum absolute atomic E-state index is 13.2. The minimum atomic E-state index is -0.959. The zero-order valence-electron chi connectivity index (χ0n) is 22.4. The van der Waals surface area contributed by atoms with Crippen molar-refractivity contribution in [1.82, 2.24) is 16.0 Å². The number of methoxy groups -OCH3 is 1. The number of ether oxygens (including phenoxy) is 3. The van der Waals surface area contributed by atoms with Crippen LogP contribution in [-0.2, 0) is 16.0 Å². The molecule has 4 atom stereocenters. The summed E-state index contributed by atoms with van der Waals surface area (Å²) >= 11 is 0. The van der Waals surface area contributed by atoms with E-state index in [1.807, 2.05) is 66.7 Å². The molecule has 1 aliphatic rings. The van der Waals surface area contributed by atoms with Gasteiger partial charge in [-0.15, -0.1) is 6.58 Å². The molecule has 3 aromatic carbocycles. The molecule has 40 heavy (non-hydrogen) atoms. The first-order valence-corrected chi connectivity index (χ1v) is 13.1. The van der Waals surface area contributed by atoms with Gasteiger partial charge in [0.1, 0.15) is 11.8 Å². The predicted molar refractivity (Wildman–Crippen MR) is 152 cm³/mol. The molecule has 0 aromatic heterocycles. The van der Waals surface area contributed by atoms with Crippen molar-refractivity contribution in [3.63, 3.8) is 0 Å². The molecule has 3 aromatic rings. The Balaban J connectivity index is 1.33. The molecule has 4 unspecified atom stereocenters. The zero-order chi connectivity index (χ0) is 28.3. The Kier molecular flexibility index (Phi) is 10.3.